The molecule has 3 heteroatoms. The maximum Gasteiger partial charge on any atom is 0.103 e. The first-order valence-corrected chi connectivity index (χ1v) is 5.90. The summed E-state index contributed by atoms with van der Waals surface area (Å²) < 4.78 is 0. The molecule has 1 aromatic heterocycles. The Morgan fingerprint density at radius 3 is 2.77 bits per heavy atom. The van der Waals surface area contributed by atoms with E-state index in [1.165, 1.54) is 0 Å². The van der Waals surface area contributed by atoms with Crippen LogP contribution in [0.2, 0.25) is 5.02 Å². The fourth-order valence-electron chi connectivity index (χ4n) is 1.80. The van der Waals surface area contributed by atoms with Gasteiger partial charge in [-0.3, -0.25) is 0 Å². The van der Waals surface area contributed by atoms with Crippen LogP contribution in [0.3, 0.4) is 0 Å². The molecule has 1 aliphatic carbocycles. The van der Waals surface area contributed by atoms with E-state index < -0.39 is 5.60 Å². The second kappa shape index (κ2) is 3.26. The molecule has 1 nitrogen and oxygen atoms in total. The summed E-state index contributed by atoms with van der Waals surface area (Å²) in [6.45, 7) is 2.02. The van der Waals surface area contributed by atoms with Crippen molar-refractivity contribution in [2.45, 2.75) is 31.8 Å². The molecule has 0 bridgehead atoms. The number of hydrogen-bond acceptors (Lipinski definition) is 2. The number of halogens is 1. The molecule has 0 aliphatic heterocycles. The van der Waals surface area contributed by atoms with Gasteiger partial charge < -0.3 is 5.11 Å². The smallest absolute Gasteiger partial charge is 0.103 e. The molecular weight excluding hydrogens is 204 g/mol. The van der Waals surface area contributed by atoms with Crippen molar-refractivity contribution in [3.05, 3.63) is 21.3 Å². The molecule has 0 saturated heterocycles. The van der Waals surface area contributed by atoms with Gasteiger partial charge >= 0.3 is 0 Å². The standard InChI is InChI=1S/C10H13ClOS/c1-2-10(12,7-3-4-7)9-8(11)5-6-13-9/h5-7,12H,2-4H2,1H3. The van der Waals surface area contributed by atoms with Crippen LogP contribution in [-0.4, -0.2) is 5.11 Å². The lowest BCUT2D eigenvalue weighted by Gasteiger charge is -2.25. The van der Waals surface area contributed by atoms with Gasteiger partial charge in [0.25, 0.3) is 0 Å². The van der Waals surface area contributed by atoms with Crippen LogP contribution in [0.4, 0.5) is 0 Å². The van der Waals surface area contributed by atoms with Crippen LogP contribution in [0.5, 0.6) is 0 Å². The number of hydrogen-bond donors (Lipinski definition) is 1. The van der Waals surface area contributed by atoms with Gasteiger partial charge in [0, 0.05) is 0 Å². The first-order chi connectivity index (χ1) is 6.18. The van der Waals surface area contributed by atoms with Crippen molar-refractivity contribution in [1.29, 1.82) is 0 Å². The third-order valence-corrected chi connectivity index (χ3v) is 4.31. The first kappa shape index (κ1) is 9.50. The van der Waals surface area contributed by atoms with Gasteiger partial charge in [0.15, 0.2) is 0 Å². The van der Waals surface area contributed by atoms with Crippen LogP contribution < -0.4 is 0 Å². The average molecular weight is 217 g/mol. The van der Waals surface area contributed by atoms with E-state index in [2.05, 4.69) is 0 Å². The monoisotopic (exact) mass is 216 g/mol. The highest BCUT2D eigenvalue weighted by molar-refractivity contribution is 7.10. The highest BCUT2D eigenvalue weighted by atomic mass is 35.5. The molecule has 72 valence electrons. The molecule has 1 N–H and O–H groups in total. The van der Waals surface area contributed by atoms with Crippen molar-refractivity contribution in [3.8, 4) is 0 Å². The molecule has 1 unspecified atom stereocenters. The molecule has 2 rings (SSSR count). The second-order valence-corrected chi connectivity index (χ2v) is 4.97. The predicted molar refractivity (Wildman–Crippen MR) is 56.2 cm³/mol. The van der Waals surface area contributed by atoms with E-state index in [4.69, 9.17) is 11.6 Å². The fourth-order valence-corrected chi connectivity index (χ4v) is 3.27. The highest BCUT2D eigenvalue weighted by Crippen LogP contribution is 2.50. The minimum atomic E-state index is -0.648. The van der Waals surface area contributed by atoms with E-state index in [1.807, 2.05) is 18.4 Å². The Hall–Kier alpha value is -0.0500. The van der Waals surface area contributed by atoms with Crippen LogP contribution in [0.1, 0.15) is 31.1 Å². The summed E-state index contributed by atoms with van der Waals surface area (Å²) in [5.41, 5.74) is -0.648. The van der Waals surface area contributed by atoms with Gasteiger partial charge in [-0.1, -0.05) is 18.5 Å². The molecule has 0 amide bonds. The molecule has 1 aromatic rings. The largest absolute Gasteiger partial charge is 0.384 e. The van der Waals surface area contributed by atoms with Gasteiger partial charge in [0.2, 0.25) is 0 Å². The summed E-state index contributed by atoms with van der Waals surface area (Å²) in [5.74, 6) is 0.439. The molecular formula is C10H13ClOS. The van der Waals surface area contributed by atoms with Gasteiger partial charge in [-0.2, -0.15) is 0 Å². The average Bonchev–Trinajstić information content (AvgIpc) is 2.89. The van der Waals surface area contributed by atoms with E-state index in [0.717, 1.165) is 29.2 Å². The highest BCUT2D eigenvalue weighted by Gasteiger charge is 2.45. The summed E-state index contributed by atoms with van der Waals surface area (Å²) in [5, 5.41) is 13.1. The summed E-state index contributed by atoms with van der Waals surface area (Å²) >= 11 is 7.59. The molecule has 0 radical (unpaired) electrons. The Balaban J connectivity index is 2.35. The molecule has 13 heavy (non-hydrogen) atoms. The van der Waals surface area contributed by atoms with Crippen molar-refractivity contribution < 1.29 is 5.11 Å². The quantitative estimate of drug-likeness (QED) is 0.821. The van der Waals surface area contributed by atoms with Crippen molar-refractivity contribution in [2.75, 3.05) is 0 Å². The van der Waals surface area contributed by atoms with E-state index in [9.17, 15) is 5.11 Å². The van der Waals surface area contributed by atoms with E-state index in [0.29, 0.717) is 5.92 Å². The third-order valence-electron chi connectivity index (χ3n) is 2.80. The fraction of sp³-hybridized carbons (Fsp3) is 0.600. The minimum Gasteiger partial charge on any atom is -0.384 e. The summed E-state index contributed by atoms with van der Waals surface area (Å²) in [6.07, 6.45) is 3.04. The maximum absolute atomic E-state index is 10.4. The lowest BCUT2D eigenvalue weighted by atomic mass is 9.93. The van der Waals surface area contributed by atoms with Crippen LogP contribution >= 0.6 is 22.9 Å². The zero-order chi connectivity index (χ0) is 9.47. The SMILES string of the molecule is CCC(O)(c1sccc1Cl)C1CC1. The molecule has 1 atom stereocenters. The van der Waals surface area contributed by atoms with Crippen LogP contribution in [-0.2, 0) is 5.60 Å². The van der Waals surface area contributed by atoms with Gasteiger partial charge in [-0.15, -0.1) is 11.3 Å². The van der Waals surface area contributed by atoms with E-state index >= 15 is 0 Å². The predicted octanol–water partition coefficient (Wildman–Crippen LogP) is 3.41. The van der Waals surface area contributed by atoms with Gasteiger partial charge in [0.1, 0.15) is 5.60 Å². The van der Waals surface area contributed by atoms with E-state index in [1.54, 1.807) is 11.3 Å². The lowest BCUT2D eigenvalue weighted by Crippen LogP contribution is -2.26. The van der Waals surface area contributed by atoms with Gasteiger partial charge in [0.05, 0.1) is 9.90 Å². The normalized spacial score (nSPS) is 21.5. The Morgan fingerprint density at radius 2 is 2.38 bits per heavy atom. The molecule has 0 aromatic carbocycles. The van der Waals surface area contributed by atoms with Gasteiger partial charge in [-0.05, 0) is 36.6 Å². The third kappa shape index (κ3) is 1.51. The van der Waals surface area contributed by atoms with E-state index in [-0.39, 0.29) is 0 Å². The summed E-state index contributed by atoms with van der Waals surface area (Å²) in [7, 11) is 0. The topological polar surface area (TPSA) is 20.2 Å². The first-order valence-electron chi connectivity index (χ1n) is 4.64. The van der Waals surface area contributed by atoms with Crippen LogP contribution in [0, 0.1) is 5.92 Å². The molecule has 1 aliphatic rings. The second-order valence-electron chi connectivity index (χ2n) is 3.65. The molecule has 0 spiro atoms. The number of thiophene rings is 1. The Labute approximate surface area is 87.4 Å². The Morgan fingerprint density at radius 1 is 1.69 bits per heavy atom. The molecule has 1 saturated carbocycles. The summed E-state index contributed by atoms with van der Waals surface area (Å²) in [6, 6.07) is 1.87. The zero-order valence-corrected chi connectivity index (χ0v) is 9.16. The zero-order valence-electron chi connectivity index (χ0n) is 7.59. The number of rotatable bonds is 3. The van der Waals surface area contributed by atoms with Crippen LogP contribution in [0.15, 0.2) is 11.4 Å². The maximum atomic E-state index is 10.4. The van der Waals surface area contributed by atoms with Gasteiger partial charge in [-0.25, -0.2) is 0 Å². The Bertz CT molecular complexity index is 306. The molecule has 1 heterocycles. The summed E-state index contributed by atoms with van der Waals surface area (Å²) in [4.78, 5) is 0.958. The number of aliphatic hydroxyl groups is 1. The van der Waals surface area contributed by atoms with Crippen molar-refractivity contribution in [3.63, 3.8) is 0 Å². The van der Waals surface area contributed by atoms with Crippen molar-refractivity contribution >= 4 is 22.9 Å². The lowest BCUT2D eigenvalue weighted by molar-refractivity contribution is 0.0127. The molecule has 1 fully saturated rings. The van der Waals surface area contributed by atoms with Crippen molar-refractivity contribution in [2.24, 2.45) is 5.92 Å². The Kier molecular flexibility index (Phi) is 2.39. The van der Waals surface area contributed by atoms with Crippen molar-refractivity contribution in [1.82, 2.24) is 0 Å². The minimum absolute atomic E-state index is 0.439. The van der Waals surface area contributed by atoms with Crippen LogP contribution in [0.25, 0.3) is 0 Å².